The third-order valence-corrected chi connectivity index (χ3v) is 14.3. The first-order chi connectivity index (χ1) is 32.8. The number of ketones is 1. The van der Waals surface area contributed by atoms with Crippen LogP contribution < -0.4 is 24.5 Å². The molecule has 1 saturated carbocycles. The first kappa shape index (κ1) is 53.4. The van der Waals surface area contributed by atoms with E-state index in [9.17, 15) is 37.1 Å². The van der Waals surface area contributed by atoms with Crippen LogP contribution in [-0.4, -0.2) is 65.7 Å². The lowest BCUT2D eigenvalue weighted by Crippen LogP contribution is -2.56. The van der Waals surface area contributed by atoms with Gasteiger partial charge in [0.05, 0.1) is 12.2 Å². The summed E-state index contributed by atoms with van der Waals surface area (Å²) in [5.41, 5.74) is 1.50. The van der Waals surface area contributed by atoms with E-state index in [0.717, 1.165) is 18.4 Å². The van der Waals surface area contributed by atoms with Crippen LogP contribution in [0.15, 0.2) is 71.8 Å². The molecule has 19 heteroatoms. The first-order valence-electron chi connectivity index (χ1n) is 23.5. The predicted molar refractivity (Wildman–Crippen MR) is 237 cm³/mol. The van der Waals surface area contributed by atoms with Crippen molar-refractivity contribution >= 4 is 41.5 Å². The van der Waals surface area contributed by atoms with Gasteiger partial charge in [0.15, 0.2) is 24.0 Å². The Morgan fingerprint density at radius 1 is 0.829 bits per heavy atom. The number of hydrogen-bond acceptors (Lipinski definition) is 14. The highest BCUT2D eigenvalue weighted by Gasteiger charge is 2.56. The Morgan fingerprint density at radius 2 is 1.43 bits per heavy atom. The monoisotopic (exact) mass is 982 g/mol. The Balaban J connectivity index is 0.00000107. The number of aliphatic carboxylic acids is 1. The third kappa shape index (κ3) is 12.0. The molecule has 0 unspecified atom stereocenters. The molecule has 3 aliphatic heterocycles. The second-order valence-electron chi connectivity index (χ2n) is 19.3. The van der Waals surface area contributed by atoms with Gasteiger partial charge in [-0.1, -0.05) is 45.4 Å². The number of alkyl halides is 3. The quantitative estimate of drug-likeness (QED) is 0.0916. The van der Waals surface area contributed by atoms with Crippen molar-refractivity contribution in [3.05, 3.63) is 77.3 Å². The van der Waals surface area contributed by atoms with Crippen molar-refractivity contribution < 1.29 is 84.8 Å². The molecule has 1 aromatic heterocycles. The summed E-state index contributed by atoms with van der Waals surface area (Å²) in [6, 6.07) is 10.4. The van der Waals surface area contributed by atoms with E-state index in [0.29, 0.717) is 31.2 Å². The van der Waals surface area contributed by atoms with Crippen molar-refractivity contribution in [1.82, 2.24) is 5.32 Å². The number of aromatic nitrogens is 1. The van der Waals surface area contributed by atoms with Crippen LogP contribution in [0.4, 0.5) is 13.2 Å². The van der Waals surface area contributed by atoms with Crippen molar-refractivity contribution in [2.45, 2.75) is 137 Å². The molecule has 4 heterocycles. The highest BCUT2D eigenvalue weighted by Crippen LogP contribution is 2.55. The molecule has 2 aromatic rings. The fourth-order valence-corrected chi connectivity index (χ4v) is 11.2. The minimum absolute atomic E-state index is 0.0255. The SMILES string of the molecule is CC(=O)OC1=C(C(=O)[C@@H]2[C@H]3[C@@H](C)[C@H](OC(C)=O)CC[C@H]3C=C(C)[C@H]2C[C@H]2O[C@@]3(CC[C@H](C)[C@@H](c4cc(OC(C)=O)cc(OC(C)=O)c4)O3)[C@@H](C)C[C@@H]2C)C(=O)N[C@@H]1[n+]1ccccc1.O=C([O-])C(F)(F)F. The molecule has 2 saturated heterocycles. The molecule has 7 rings (SSSR count). The Morgan fingerprint density at radius 3 is 1.99 bits per heavy atom. The van der Waals surface area contributed by atoms with Crippen LogP contribution in [0.1, 0.15) is 119 Å². The zero-order valence-electron chi connectivity index (χ0n) is 40.7. The van der Waals surface area contributed by atoms with Gasteiger partial charge < -0.3 is 38.3 Å². The number of benzene rings is 1. The lowest BCUT2D eigenvalue weighted by molar-refractivity contribution is -0.719. The number of halogens is 3. The van der Waals surface area contributed by atoms with Crippen molar-refractivity contribution in [2.24, 2.45) is 47.3 Å². The maximum Gasteiger partial charge on any atom is 0.430 e. The second kappa shape index (κ2) is 21.6. The van der Waals surface area contributed by atoms with Crippen molar-refractivity contribution in [3.8, 4) is 11.5 Å². The molecule has 1 aromatic carbocycles. The molecule has 0 bridgehead atoms. The van der Waals surface area contributed by atoms with E-state index in [1.165, 1.54) is 33.8 Å². The summed E-state index contributed by atoms with van der Waals surface area (Å²) in [5, 5.41) is 11.7. The number of Topliss-reactive ketones (excluding diaryl/α,β-unsaturated/α-hetero) is 1. The summed E-state index contributed by atoms with van der Waals surface area (Å²) >= 11 is 0. The molecule has 1 N–H and O–H groups in total. The number of pyridine rings is 1. The van der Waals surface area contributed by atoms with Crippen molar-refractivity contribution in [1.29, 1.82) is 0 Å². The van der Waals surface area contributed by atoms with Crippen molar-refractivity contribution in [3.63, 3.8) is 0 Å². The number of nitrogens with zero attached hydrogens (tertiary/aromatic N) is 1. The minimum atomic E-state index is -5.19. The van der Waals surface area contributed by atoms with Crippen LogP contribution in [0.3, 0.4) is 0 Å². The predicted octanol–water partition coefficient (Wildman–Crippen LogP) is 6.26. The van der Waals surface area contributed by atoms with E-state index < -0.39 is 83.7 Å². The molecule has 70 heavy (non-hydrogen) atoms. The number of amides is 1. The van der Waals surface area contributed by atoms with Gasteiger partial charge in [-0.05, 0) is 92.2 Å². The van der Waals surface area contributed by atoms with Gasteiger partial charge in [-0.15, -0.1) is 0 Å². The molecular weight excluding hydrogens is 922 g/mol. The van der Waals surface area contributed by atoms with E-state index in [1.807, 2.05) is 19.9 Å². The summed E-state index contributed by atoms with van der Waals surface area (Å²) in [5.74, 6) is -8.42. The van der Waals surface area contributed by atoms with E-state index >= 15 is 4.79 Å². The number of fused-ring (bicyclic) bond motifs is 1. The largest absolute Gasteiger partial charge is 0.542 e. The normalized spacial score (nSPS) is 31.7. The van der Waals surface area contributed by atoms with Crippen LogP contribution in [0.5, 0.6) is 11.5 Å². The number of nitrogens with one attached hydrogen (secondary N) is 1. The number of carbonyl (C=O) groups excluding carboxylic acids is 7. The molecule has 5 aliphatic rings. The zero-order chi connectivity index (χ0) is 51.6. The molecule has 1 spiro atoms. The average Bonchev–Trinajstić information content (AvgIpc) is 3.58. The molecular formula is C51H61F3N2O14. The van der Waals surface area contributed by atoms with Gasteiger partial charge in [-0.25, -0.2) is 0 Å². The molecule has 380 valence electrons. The van der Waals surface area contributed by atoms with Crippen LogP contribution in [0.2, 0.25) is 0 Å². The number of rotatable bonds is 10. The molecule has 2 aliphatic carbocycles. The maximum absolute atomic E-state index is 15.6. The number of ether oxygens (including phenoxy) is 6. The van der Waals surface area contributed by atoms with Crippen LogP contribution in [0, 0.1) is 47.3 Å². The lowest BCUT2D eigenvalue weighted by atomic mass is 9.55. The van der Waals surface area contributed by atoms with Crippen LogP contribution >= 0.6 is 0 Å². The molecule has 1 amide bonds. The summed E-state index contributed by atoms with van der Waals surface area (Å²) in [7, 11) is 0. The molecule has 16 nitrogen and oxygen atoms in total. The number of carboxylic acids is 1. The van der Waals surface area contributed by atoms with Gasteiger partial charge in [0.1, 0.15) is 29.1 Å². The number of allylic oxidation sites excluding steroid dienone is 2. The fourth-order valence-electron chi connectivity index (χ4n) is 11.2. The topological polar surface area (TPSA) is 214 Å². The van der Waals surface area contributed by atoms with Crippen LogP contribution in [-0.2, 0) is 52.5 Å². The summed E-state index contributed by atoms with van der Waals surface area (Å²) in [4.78, 5) is 87.5. The first-order valence-corrected chi connectivity index (χ1v) is 23.5. The zero-order valence-corrected chi connectivity index (χ0v) is 40.7. The third-order valence-electron chi connectivity index (χ3n) is 14.3. The lowest BCUT2D eigenvalue weighted by Gasteiger charge is -2.54. The highest BCUT2D eigenvalue weighted by molar-refractivity contribution is 6.22. The van der Waals surface area contributed by atoms with E-state index in [2.05, 4.69) is 32.2 Å². The standard InChI is InChI=1S/C49H60N2O12.C2HF3O2/c1-25-15-16-49(63-45(25)35-21-36(58-30(6)52)23-37(22-35)59-31(7)53)28(4)19-27(3)40(62-49)24-38-26(2)20-34-13-14-39(60-32(8)54)29(5)41(34)42(38)44(56)43-46(61-33(9)55)47(50-48(43)57)51-17-11-10-12-18-51;3-2(4,5)1(6)7/h10-12,17-18,20-23,25,27-29,34,38-42,45,47H,13-16,19,24H2,1-9H3;(H,6,7)/t25-,27-,28-,29-,34-,38+,39+,40+,41-,42-,45-,47+,49+;/m0./s1. The molecule has 3 fully saturated rings. The fraction of sp³-hybridized carbons (Fsp3) is 0.569. The summed E-state index contributed by atoms with van der Waals surface area (Å²) in [6.45, 7) is 15.7. The number of esters is 4. The maximum atomic E-state index is 15.6. The van der Waals surface area contributed by atoms with Crippen LogP contribution in [0.25, 0.3) is 0 Å². The Labute approximate surface area is 404 Å². The van der Waals surface area contributed by atoms with E-state index in [4.69, 9.17) is 38.3 Å². The van der Waals surface area contributed by atoms with Crippen molar-refractivity contribution in [2.75, 3.05) is 0 Å². The molecule has 13 atom stereocenters. The van der Waals surface area contributed by atoms with Gasteiger partial charge in [0, 0.05) is 64.2 Å². The number of hydrogen-bond donors (Lipinski definition) is 1. The number of carboxylic acid groups (broad SMARTS) is 1. The Kier molecular flexibility index (Phi) is 16.5. The van der Waals surface area contributed by atoms with Gasteiger partial charge in [0.2, 0.25) is 5.76 Å². The van der Waals surface area contributed by atoms with Gasteiger partial charge in [-0.2, -0.15) is 17.7 Å². The second-order valence-corrected chi connectivity index (χ2v) is 19.3. The van der Waals surface area contributed by atoms with Gasteiger partial charge in [-0.3, -0.25) is 34.1 Å². The summed E-state index contributed by atoms with van der Waals surface area (Å²) in [6.07, 6.45) is 2.18. The van der Waals surface area contributed by atoms with E-state index in [-0.39, 0.29) is 64.4 Å². The Hall–Kier alpha value is -5.95. The summed E-state index contributed by atoms with van der Waals surface area (Å²) < 4.78 is 70.2. The average molecular weight is 983 g/mol. The van der Waals surface area contributed by atoms with E-state index in [1.54, 1.807) is 41.2 Å². The highest BCUT2D eigenvalue weighted by atomic mass is 19.4. The smallest absolute Gasteiger partial charge is 0.430 e. The van der Waals surface area contributed by atoms with Gasteiger partial charge >= 0.3 is 30.1 Å². The Bertz CT molecular complexity index is 2390. The minimum Gasteiger partial charge on any atom is -0.542 e. The molecule has 0 radical (unpaired) electrons. The number of carbonyl (C=O) groups is 7. The van der Waals surface area contributed by atoms with Gasteiger partial charge in [0.25, 0.3) is 12.1 Å².